The van der Waals surface area contributed by atoms with Crippen molar-refractivity contribution in [3.05, 3.63) is 53.3 Å². The average molecular weight is 477 g/mol. The third kappa shape index (κ3) is 5.54. The molecule has 0 radical (unpaired) electrons. The number of likely N-dealkylation sites (N-methyl/N-ethyl adjacent to an activating group) is 1. The van der Waals surface area contributed by atoms with Gasteiger partial charge in [0.2, 0.25) is 10.0 Å². The average Bonchev–Trinajstić information content (AvgIpc) is 2.81. The van der Waals surface area contributed by atoms with Gasteiger partial charge >= 0.3 is 0 Å². The van der Waals surface area contributed by atoms with Crippen molar-refractivity contribution >= 4 is 27.3 Å². The van der Waals surface area contributed by atoms with Crippen molar-refractivity contribution in [1.82, 2.24) is 9.21 Å². The number of anilines is 2. The number of amides is 1. The Balaban J connectivity index is 1.79. The molecule has 1 N–H and O–H groups in total. The summed E-state index contributed by atoms with van der Waals surface area (Å²) in [4.78, 5) is 17.5. The summed E-state index contributed by atoms with van der Waals surface area (Å²) in [6.07, 6.45) is 0. The molecule has 0 spiro atoms. The normalized spacial score (nSPS) is 15.2. The lowest BCUT2D eigenvalue weighted by Gasteiger charge is -2.35. The van der Waals surface area contributed by atoms with Gasteiger partial charge in [0.1, 0.15) is 5.82 Å². The van der Waals surface area contributed by atoms with E-state index in [-0.39, 0.29) is 23.5 Å². The number of hydrogen-bond donors (Lipinski definition) is 1. The predicted octanol–water partition coefficient (Wildman–Crippen LogP) is 3.56. The Hall–Kier alpha value is -2.49. The van der Waals surface area contributed by atoms with Crippen LogP contribution in [0.4, 0.5) is 15.8 Å². The van der Waals surface area contributed by atoms with E-state index < -0.39 is 21.7 Å². The van der Waals surface area contributed by atoms with E-state index in [0.717, 1.165) is 56.1 Å². The van der Waals surface area contributed by atoms with Crippen LogP contribution in [-0.4, -0.2) is 69.3 Å². The van der Waals surface area contributed by atoms with E-state index in [9.17, 15) is 17.6 Å². The highest BCUT2D eigenvalue weighted by Gasteiger charge is 2.24. The van der Waals surface area contributed by atoms with Gasteiger partial charge in [0, 0.05) is 50.6 Å². The SMILES string of the molecule is CCN1CCN(c2ccc(NC(=O)c3cc(S(=O)(=O)N(CC)CC)ccc3F)c(C)c2)CC1. The molecule has 1 saturated heterocycles. The number of aryl methyl sites for hydroxylation is 1. The van der Waals surface area contributed by atoms with Crippen LogP contribution in [0.3, 0.4) is 0 Å². The van der Waals surface area contributed by atoms with Gasteiger partial charge in [0.15, 0.2) is 0 Å². The van der Waals surface area contributed by atoms with E-state index in [0.29, 0.717) is 5.69 Å². The molecular weight excluding hydrogens is 443 g/mol. The fraction of sp³-hybridized carbons (Fsp3) is 0.458. The summed E-state index contributed by atoms with van der Waals surface area (Å²) in [7, 11) is -3.80. The highest BCUT2D eigenvalue weighted by atomic mass is 32.2. The topological polar surface area (TPSA) is 73.0 Å². The van der Waals surface area contributed by atoms with Crippen LogP contribution in [0.5, 0.6) is 0 Å². The van der Waals surface area contributed by atoms with Crippen LogP contribution in [0.25, 0.3) is 0 Å². The number of sulfonamides is 1. The van der Waals surface area contributed by atoms with E-state index >= 15 is 0 Å². The molecule has 1 amide bonds. The number of hydrogen-bond acceptors (Lipinski definition) is 5. The van der Waals surface area contributed by atoms with Crippen LogP contribution in [0.2, 0.25) is 0 Å². The summed E-state index contributed by atoms with van der Waals surface area (Å²) in [6.45, 7) is 13.0. The van der Waals surface area contributed by atoms with Gasteiger partial charge < -0.3 is 15.1 Å². The first kappa shape index (κ1) is 25.1. The van der Waals surface area contributed by atoms with Crippen LogP contribution in [0, 0.1) is 12.7 Å². The molecule has 2 aromatic carbocycles. The first-order valence-electron chi connectivity index (χ1n) is 11.4. The molecule has 33 heavy (non-hydrogen) atoms. The van der Waals surface area contributed by atoms with E-state index in [1.54, 1.807) is 13.8 Å². The molecule has 9 heteroatoms. The summed E-state index contributed by atoms with van der Waals surface area (Å²) < 4.78 is 41.3. The molecule has 1 aliphatic rings. The summed E-state index contributed by atoms with van der Waals surface area (Å²) in [5, 5.41) is 2.74. The Labute approximate surface area is 196 Å². The molecule has 0 aliphatic carbocycles. The molecule has 0 unspecified atom stereocenters. The van der Waals surface area contributed by atoms with Gasteiger partial charge in [-0.3, -0.25) is 4.79 Å². The highest BCUT2D eigenvalue weighted by Crippen LogP contribution is 2.25. The minimum Gasteiger partial charge on any atom is -0.369 e. The Morgan fingerprint density at radius 2 is 1.70 bits per heavy atom. The van der Waals surface area contributed by atoms with E-state index in [1.165, 1.54) is 10.4 Å². The minimum absolute atomic E-state index is 0.101. The van der Waals surface area contributed by atoms with Gasteiger partial charge in [-0.2, -0.15) is 4.31 Å². The standard InChI is InChI=1S/C24H33FN4O3S/c1-5-27-12-14-28(15-13-27)19-8-11-23(18(4)16-19)26-24(30)21-17-20(9-10-22(21)25)33(31,32)29(6-2)7-3/h8-11,16-17H,5-7,12-15H2,1-4H3,(H,26,30). The largest absolute Gasteiger partial charge is 0.369 e. The molecule has 1 heterocycles. The third-order valence-electron chi connectivity index (χ3n) is 6.17. The van der Waals surface area contributed by atoms with Gasteiger partial charge in [0.25, 0.3) is 5.91 Å². The molecule has 1 fully saturated rings. The second kappa shape index (κ2) is 10.6. The monoisotopic (exact) mass is 476 g/mol. The van der Waals surface area contributed by atoms with Crippen molar-refractivity contribution < 1.29 is 17.6 Å². The Morgan fingerprint density at radius 1 is 1.03 bits per heavy atom. The number of carbonyl (C=O) groups is 1. The number of benzene rings is 2. The quantitative estimate of drug-likeness (QED) is 0.631. The lowest BCUT2D eigenvalue weighted by atomic mass is 10.1. The van der Waals surface area contributed by atoms with Crippen molar-refractivity contribution in [2.24, 2.45) is 0 Å². The molecular formula is C24H33FN4O3S. The van der Waals surface area contributed by atoms with E-state index in [2.05, 4.69) is 22.0 Å². The smallest absolute Gasteiger partial charge is 0.258 e. The Kier molecular flexibility index (Phi) is 8.10. The fourth-order valence-corrected chi connectivity index (χ4v) is 5.53. The molecule has 0 bridgehead atoms. The maximum absolute atomic E-state index is 14.5. The van der Waals surface area contributed by atoms with Crippen molar-refractivity contribution in [2.45, 2.75) is 32.6 Å². The summed E-state index contributed by atoms with van der Waals surface area (Å²) >= 11 is 0. The van der Waals surface area contributed by atoms with Crippen LogP contribution in [0.1, 0.15) is 36.7 Å². The van der Waals surface area contributed by atoms with Crippen LogP contribution < -0.4 is 10.2 Å². The number of nitrogens with one attached hydrogen (secondary N) is 1. The Bertz CT molecular complexity index is 1090. The molecule has 3 rings (SSSR count). The molecule has 0 saturated carbocycles. The molecule has 0 aromatic heterocycles. The predicted molar refractivity (Wildman–Crippen MR) is 130 cm³/mol. The number of rotatable bonds is 8. The number of halogens is 1. The zero-order valence-electron chi connectivity index (χ0n) is 19.8. The summed E-state index contributed by atoms with van der Waals surface area (Å²) in [5.41, 5.74) is 2.19. The zero-order valence-corrected chi connectivity index (χ0v) is 20.6. The van der Waals surface area contributed by atoms with Crippen molar-refractivity contribution in [3.8, 4) is 0 Å². The fourth-order valence-electron chi connectivity index (χ4n) is 4.05. The lowest BCUT2D eigenvalue weighted by Crippen LogP contribution is -2.46. The molecule has 1 aliphatic heterocycles. The van der Waals surface area contributed by atoms with Crippen molar-refractivity contribution in [1.29, 1.82) is 0 Å². The maximum Gasteiger partial charge on any atom is 0.258 e. The van der Waals surface area contributed by atoms with Gasteiger partial charge in [-0.05, 0) is 55.4 Å². The van der Waals surface area contributed by atoms with Crippen LogP contribution in [-0.2, 0) is 10.0 Å². The molecule has 2 aromatic rings. The number of nitrogens with zero attached hydrogens (tertiary/aromatic N) is 3. The summed E-state index contributed by atoms with van der Waals surface area (Å²) in [5.74, 6) is -1.45. The number of carbonyl (C=O) groups excluding carboxylic acids is 1. The van der Waals surface area contributed by atoms with Gasteiger partial charge in [-0.15, -0.1) is 0 Å². The van der Waals surface area contributed by atoms with Crippen molar-refractivity contribution in [2.75, 3.05) is 56.0 Å². The van der Waals surface area contributed by atoms with E-state index in [4.69, 9.17) is 0 Å². The highest BCUT2D eigenvalue weighted by molar-refractivity contribution is 7.89. The third-order valence-corrected chi connectivity index (χ3v) is 8.21. The second-order valence-corrected chi connectivity index (χ2v) is 10.0. The first-order valence-corrected chi connectivity index (χ1v) is 12.8. The molecule has 180 valence electrons. The van der Waals surface area contributed by atoms with Crippen LogP contribution in [0.15, 0.2) is 41.3 Å². The van der Waals surface area contributed by atoms with Gasteiger partial charge in [-0.25, -0.2) is 12.8 Å². The lowest BCUT2D eigenvalue weighted by molar-refractivity contribution is 0.102. The number of piperazine rings is 1. The second-order valence-electron chi connectivity index (χ2n) is 8.11. The van der Waals surface area contributed by atoms with Gasteiger partial charge in [-0.1, -0.05) is 20.8 Å². The maximum atomic E-state index is 14.5. The molecule has 7 nitrogen and oxygen atoms in total. The van der Waals surface area contributed by atoms with Crippen LogP contribution >= 0.6 is 0 Å². The van der Waals surface area contributed by atoms with Crippen molar-refractivity contribution in [3.63, 3.8) is 0 Å². The summed E-state index contributed by atoms with van der Waals surface area (Å²) in [6, 6.07) is 9.09. The Morgan fingerprint density at radius 3 is 2.27 bits per heavy atom. The minimum atomic E-state index is -3.80. The van der Waals surface area contributed by atoms with E-state index in [1.807, 2.05) is 25.1 Å². The van der Waals surface area contributed by atoms with Gasteiger partial charge in [0.05, 0.1) is 10.5 Å². The zero-order chi connectivity index (χ0) is 24.2. The molecule has 0 atom stereocenters. The first-order chi connectivity index (χ1) is 15.7.